The van der Waals surface area contributed by atoms with E-state index in [0.29, 0.717) is 11.8 Å². The molecule has 28 heavy (non-hydrogen) atoms. The van der Waals surface area contributed by atoms with Crippen LogP contribution >= 0.6 is 0 Å². The van der Waals surface area contributed by atoms with Gasteiger partial charge in [-0.2, -0.15) is 0 Å². The Labute approximate surface area is 160 Å². The van der Waals surface area contributed by atoms with Crippen molar-refractivity contribution in [1.82, 2.24) is 4.98 Å². The molecule has 0 spiro atoms. The maximum Gasteiger partial charge on any atom is 0.274 e. The number of nitrogens with zero attached hydrogens (tertiary/aromatic N) is 1. The Morgan fingerprint density at radius 3 is 2.39 bits per heavy atom. The van der Waals surface area contributed by atoms with Crippen LogP contribution in [0.4, 0.5) is 20.2 Å². The van der Waals surface area contributed by atoms with Crippen LogP contribution in [-0.2, 0) is 0 Å². The standard InChI is InChI=1S/C21H17F2N3O2/c1-12-4-3-5-17(13(12)2)25-21(28)19-10-14(8-9-24-19)20(27)26-18-7-6-15(22)11-16(18)23/h3-11H,1-2H3,(H,25,28)(H,26,27). The smallest absolute Gasteiger partial charge is 0.274 e. The number of pyridine rings is 1. The van der Waals surface area contributed by atoms with Gasteiger partial charge in [0.15, 0.2) is 0 Å². The first-order valence-electron chi connectivity index (χ1n) is 8.45. The molecular formula is C21H17F2N3O2. The SMILES string of the molecule is Cc1cccc(NC(=O)c2cc(C(=O)Nc3ccc(F)cc3F)ccn2)c1C. The van der Waals surface area contributed by atoms with Gasteiger partial charge in [-0.05, 0) is 55.3 Å². The van der Waals surface area contributed by atoms with Crippen molar-refractivity contribution in [2.45, 2.75) is 13.8 Å². The molecule has 0 saturated heterocycles. The van der Waals surface area contributed by atoms with Gasteiger partial charge in [-0.3, -0.25) is 14.6 Å². The summed E-state index contributed by atoms with van der Waals surface area (Å²) < 4.78 is 26.7. The number of carbonyl (C=O) groups excluding carboxylic acids is 2. The number of aromatic nitrogens is 1. The van der Waals surface area contributed by atoms with Gasteiger partial charge < -0.3 is 10.6 Å². The minimum Gasteiger partial charge on any atom is -0.320 e. The zero-order valence-corrected chi connectivity index (χ0v) is 15.2. The van der Waals surface area contributed by atoms with E-state index in [1.807, 2.05) is 26.0 Å². The number of anilines is 2. The minimum absolute atomic E-state index is 0.0353. The fourth-order valence-corrected chi connectivity index (χ4v) is 2.55. The summed E-state index contributed by atoms with van der Waals surface area (Å²) >= 11 is 0. The van der Waals surface area contributed by atoms with Crippen LogP contribution in [0.5, 0.6) is 0 Å². The summed E-state index contributed by atoms with van der Waals surface area (Å²) in [5.74, 6) is -2.76. The van der Waals surface area contributed by atoms with E-state index in [4.69, 9.17) is 0 Å². The number of benzene rings is 2. The van der Waals surface area contributed by atoms with Gasteiger partial charge in [0.1, 0.15) is 17.3 Å². The van der Waals surface area contributed by atoms with Crippen molar-refractivity contribution in [2.24, 2.45) is 0 Å². The van der Waals surface area contributed by atoms with E-state index in [2.05, 4.69) is 15.6 Å². The molecule has 2 amide bonds. The molecule has 0 aliphatic heterocycles. The molecule has 0 unspecified atom stereocenters. The molecule has 0 bridgehead atoms. The number of halogens is 2. The molecule has 1 heterocycles. The third kappa shape index (κ3) is 4.20. The molecule has 3 rings (SSSR count). The van der Waals surface area contributed by atoms with Crippen LogP contribution in [0.3, 0.4) is 0 Å². The Hall–Kier alpha value is -3.61. The van der Waals surface area contributed by atoms with Gasteiger partial charge in [-0.15, -0.1) is 0 Å². The Bertz CT molecular complexity index is 1070. The fraction of sp³-hybridized carbons (Fsp3) is 0.0952. The van der Waals surface area contributed by atoms with Crippen LogP contribution in [0.2, 0.25) is 0 Å². The third-order valence-corrected chi connectivity index (χ3v) is 4.29. The molecule has 3 aromatic rings. The highest BCUT2D eigenvalue weighted by Crippen LogP contribution is 2.19. The number of hydrogen-bond acceptors (Lipinski definition) is 3. The number of aryl methyl sites for hydroxylation is 1. The number of rotatable bonds is 4. The van der Waals surface area contributed by atoms with Crippen molar-refractivity contribution in [3.8, 4) is 0 Å². The molecule has 0 fully saturated rings. The topological polar surface area (TPSA) is 71.1 Å². The van der Waals surface area contributed by atoms with Crippen molar-refractivity contribution >= 4 is 23.2 Å². The molecule has 0 atom stereocenters. The predicted octanol–water partition coefficient (Wildman–Crippen LogP) is 4.48. The second-order valence-corrected chi connectivity index (χ2v) is 6.21. The number of hydrogen-bond donors (Lipinski definition) is 2. The first-order chi connectivity index (χ1) is 13.3. The second kappa shape index (κ2) is 7.96. The second-order valence-electron chi connectivity index (χ2n) is 6.21. The lowest BCUT2D eigenvalue weighted by Crippen LogP contribution is -2.18. The summed E-state index contributed by atoms with van der Waals surface area (Å²) in [7, 11) is 0. The molecule has 0 saturated carbocycles. The summed E-state index contributed by atoms with van der Waals surface area (Å²) in [6.45, 7) is 3.82. The molecule has 1 aromatic heterocycles. The summed E-state index contributed by atoms with van der Waals surface area (Å²) in [6.07, 6.45) is 1.31. The van der Waals surface area contributed by atoms with Gasteiger partial charge in [-0.1, -0.05) is 12.1 Å². The maximum atomic E-state index is 13.7. The first-order valence-corrected chi connectivity index (χ1v) is 8.45. The monoisotopic (exact) mass is 381 g/mol. The quantitative estimate of drug-likeness (QED) is 0.700. The van der Waals surface area contributed by atoms with Crippen molar-refractivity contribution < 1.29 is 18.4 Å². The van der Waals surface area contributed by atoms with Crippen molar-refractivity contribution in [3.63, 3.8) is 0 Å². The van der Waals surface area contributed by atoms with Gasteiger partial charge in [0.25, 0.3) is 11.8 Å². The van der Waals surface area contributed by atoms with Crippen LogP contribution in [0.1, 0.15) is 32.0 Å². The lowest BCUT2D eigenvalue weighted by atomic mass is 10.1. The van der Waals surface area contributed by atoms with E-state index in [1.165, 1.54) is 18.3 Å². The highest BCUT2D eigenvalue weighted by molar-refractivity contribution is 6.08. The largest absolute Gasteiger partial charge is 0.320 e. The molecule has 0 aliphatic rings. The Kier molecular flexibility index (Phi) is 5.44. The average Bonchev–Trinajstić information content (AvgIpc) is 2.67. The average molecular weight is 381 g/mol. The fourth-order valence-electron chi connectivity index (χ4n) is 2.55. The molecule has 142 valence electrons. The zero-order chi connectivity index (χ0) is 20.3. The van der Waals surface area contributed by atoms with Gasteiger partial charge >= 0.3 is 0 Å². The lowest BCUT2D eigenvalue weighted by molar-refractivity contribution is 0.102. The summed E-state index contributed by atoms with van der Waals surface area (Å²) in [6, 6.07) is 11.1. The Morgan fingerprint density at radius 2 is 1.64 bits per heavy atom. The predicted molar refractivity (Wildman–Crippen MR) is 102 cm³/mol. The van der Waals surface area contributed by atoms with Crippen molar-refractivity contribution in [2.75, 3.05) is 10.6 Å². The van der Waals surface area contributed by atoms with Crippen molar-refractivity contribution in [1.29, 1.82) is 0 Å². The van der Waals surface area contributed by atoms with Crippen LogP contribution < -0.4 is 10.6 Å². The van der Waals surface area contributed by atoms with E-state index in [1.54, 1.807) is 6.07 Å². The van der Waals surface area contributed by atoms with E-state index in [-0.39, 0.29) is 16.9 Å². The van der Waals surface area contributed by atoms with Crippen LogP contribution in [-0.4, -0.2) is 16.8 Å². The van der Waals surface area contributed by atoms with Gasteiger partial charge in [0.05, 0.1) is 5.69 Å². The number of amides is 2. The van der Waals surface area contributed by atoms with Gasteiger partial charge in [-0.25, -0.2) is 8.78 Å². The molecule has 0 aliphatic carbocycles. The van der Waals surface area contributed by atoms with Gasteiger partial charge in [0, 0.05) is 23.5 Å². The van der Waals surface area contributed by atoms with E-state index >= 15 is 0 Å². The Balaban J connectivity index is 1.78. The summed E-state index contributed by atoms with van der Waals surface area (Å²) in [5, 5.41) is 5.11. The summed E-state index contributed by atoms with van der Waals surface area (Å²) in [4.78, 5) is 28.8. The van der Waals surface area contributed by atoms with E-state index < -0.39 is 23.4 Å². The van der Waals surface area contributed by atoms with Crippen LogP contribution in [0.15, 0.2) is 54.7 Å². The summed E-state index contributed by atoms with van der Waals surface area (Å²) in [5.41, 5.74) is 2.59. The normalized spacial score (nSPS) is 10.4. The molecule has 5 nitrogen and oxygen atoms in total. The van der Waals surface area contributed by atoms with Crippen molar-refractivity contribution in [3.05, 3.63) is 88.7 Å². The highest BCUT2D eigenvalue weighted by atomic mass is 19.1. The molecular weight excluding hydrogens is 364 g/mol. The van der Waals surface area contributed by atoms with E-state index in [9.17, 15) is 18.4 Å². The van der Waals surface area contributed by atoms with Gasteiger partial charge in [0.2, 0.25) is 0 Å². The zero-order valence-electron chi connectivity index (χ0n) is 15.2. The molecule has 0 radical (unpaired) electrons. The van der Waals surface area contributed by atoms with Crippen LogP contribution in [0, 0.1) is 25.5 Å². The molecule has 2 aromatic carbocycles. The minimum atomic E-state index is -0.893. The van der Waals surface area contributed by atoms with Crippen LogP contribution in [0.25, 0.3) is 0 Å². The maximum absolute atomic E-state index is 13.7. The molecule has 2 N–H and O–H groups in total. The number of carbonyl (C=O) groups is 2. The van der Waals surface area contributed by atoms with E-state index in [0.717, 1.165) is 23.3 Å². The molecule has 7 heteroatoms. The Morgan fingerprint density at radius 1 is 0.893 bits per heavy atom. The first kappa shape index (κ1) is 19.2. The third-order valence-electron chi connectivity index (χ3n) is 4.29. The lowest BCUT2D eigenvalue weighted by Gasteiger charge is -2.11. The highest BCUT2D eigenvalue weighted by Gasteiger charge is 2.15. The number of nitrogens with one attached hydrogen (secondary N) is 2.